The standard InChI is InChI=1S/C15H24N2O4/c1-14(2,3)21-13(20)17-8-9(18)6-11(17)10-7-15(4,5)12(19)16-10/h9,11,18H,6-8H2,1-5H3/t9-,11?/m1/s1. The highest BCUT2D eigenvalue weighted by Crippen LogP contribution is 2.34. The van der Waals surface area contributed by atoms with E-state index in [0.717, 1.165) is 0 Å². The average Bonchev–Trinajstić information content (AvgIpc) is 2.78. The van der Waals surface area contributed by atoms with Crippen LogP contribution in [-0.4, -0.2) is 52.0 Å². The van der Waals surface area contributed by atoms with E-state index in [2.05, 4.69) is 4.99 Å². The molecule has 2 amide bonds. The van der Waals surface area contributed by atoms with Gasteiger partial charge in [-0.3, -0.25) is 9.69 Å². The highest BCUT2D eigenvalue weighted by atomic mass is 16.6. The van der Waals surface area contributed by atoms with E-state index in [-0.39, 0.29) is 18.5 Å². The van der Waals surface area contributed by atoms with Crippen molar-refractivity contribution in [3.05, 3.63) is 0 Å². The molecular weight excluding hydrogens is 272 g/mol. The molecular formula is C15H24N2O4. The summed E-state index contributed by atoms with van der Waals surface area (Å²) < 4.78 is 5.37. The smallest absolute Gasteiger partial charge is 0.410 e. The van der Waals surface area contributed by atoms with Crippen LogP contribution in [0.3, 0.4) is 0 Å². The van der Waals surface area contributed by atoms with Gasteiger partial charge < -0.3 is 9.84 Å². The van der Waals surface area contributed by atoms with E-state index in [1.54, 1.807) is 20.8 Å². The zero-order valence-corrected chi connectivity index (χ0v) is 13.3. The van der Waals surface area contributed by atoms with Crippen molar-refractivity contribution in [2.75, 3.05) is 6.54 Å². The average molecular weight is 296 g/mol. The van der Waals surface area contributed by atoms with Crippen molar-refractivity contribution in [1.82, 2.24) is 4.90 Å². The molecule has 1 N–H and O–H groups in total. The van der Waals surface area contributed by atoms with Crippen molar-refractivity contribution >= 4 is 17.7 Å². The van der Waals surface area contributed by atoms with Gasteiger partial charge in [-0.1, -0.05) is 13.8 Å². The van der Waals surface area contributed by atoms with Crippen LogP contribution in [0, 0.1) is 5.41 Å². The van der Waals surface area contributed by atoms with E-state index < -0.39 is 23.2 Å². The van der Waals surface area contributed by atoms with Gasteiger partial charge in [0.1, 0.15) is 5.60 Å². The lowest BCUT2D eigenvalue weighted by Gasteiger charge is -2.28. The number of nitrogens with zero attached hydrogens (tertiary/aromatic N) is 2. The largest absolute Gasteiger partial charge is 0.444 e. The number of carbonyl (C=O) groups is 2. The molecule has 1 unspecified atom stereocenters. The molecule has 2 aliphatic heterocycles. The van der Waals surface area contributed by atoms with Crippen LogP contribution >= 0.6 is 0 Å². The number of aliphatic hydroxyl groups excluding tert-OH is 1. The molecule has 0 radical (unpaired) electrons. The fourth-order valence-electron chi connectivity index (χ4n) is 2.69. The summed E-state index contributed by atoms with van der Waals surface area (Å²) in [5, 5.41) is 9.88. The first-order chi connectivity index (χ1) is 9.49. The molecule has 0 bridgehead atoms. The minimum Gasteiger partial charge on any atom is -0.444 e. The second-order valence-corrected chi connectivity index (χ2v) is 7.51. The van der Waals surface area contributed by atoms with Crippen LogP contribution in [0.5, 0.6) is 0 Å². The number of rotatable bonds is 1. The molecule has 1 saturated heterocycles. The molecule has 2 heterocycles. The zero-order valence-electron chi connectivity index (χ0n) is 13.3. The van der Waals surface area contributed by atoms with Gasteiger partial charge >= 0.3 is 6.09 Å². The van der Waals surface area contributed by atoms with Gasteiger partial charge in [-0.05, 0) is 20.8 Å². The summed E-state index contributed by atoms with van der Waals surface area (Å²) in [5.41, 5.74) is -0.447. The molecule has 0 aromatic carbocycles. The monoisotopic (exact) mass is 296 g/mol. The van der Waals surface area contributed by atoms with E-state index >= 15 is 0 Å². The third kappa shape index (κ3) is 3.43. The van der Waals surface area contributed by atoms with E-state index in [9.17, 15) is 14.7 Å². The Morgan fingerprint density at radius 3 is 2.52 bits per heavy atom. The van der Waals surface area contributed by atoms with Gasteiger partial charge in [0.2, 0.25) is 0 Å². The van der Waals surface area contributed by atoms with Crippen LogP contribution in [0.1, 0.15) is 47.5 Å². The normalized spacial score (nSPS) is 28.8. The summed E-state index contributed by atoms with van der Waals surface area (Å²) in [4.78, 5) is 29.7. The Morgan fingerprint density at radius 2 is 2.05 bits per heavy atom. The Bertz CT molecular complexity index is 490. The number of aliphatic hydroxyl groups is 1. The van der Waals surface area contributed by atoms with Crippen molar-refractivity contribution in [2.45, 2.75) is 65.2 Å². The van der Waals surface area contributed by atoms with Gasteiger partial charge in [0.25, 0.3) is 5.91 Å². The number of carbonyl (C=O) groups excluding carboxylic acids is 2. The van der Waals surface area contributed by atoms with Crippen molar-refractivity contribution in [3.63, 3.8) is 0 Å². The van der Waals surface area contributed by atoms with Crippen LogP contribution in [0.25, 0.3) is 0 Å². The Hall–Kier alpha value is -1.43. The summed E-state index contributed by atoms with van der Waals surface area (Å²) in [6.45, 7) is 9.29. The third-order valence-electron chi connectivity index (χ3n) is 3.74. The minimum atomic E-state index is -0.607. The Balaban J connectivity index is 2.17. The number of β-amino-alcohol motifs (C(OH)–C–C–N with tert-alkyl or cyclic N) is 1. The quantitative estimate of drug-likeness (QED) is 0.799. The molecule has 0 spiro atoms. The van der Waals surface area contributed by atoms with Crippen molar-refractivity contribution < 1.29 is 19.4 Å². The first-order valence-corrected chi connectivity index (χ1v) is 7.29. The van der Waals surface area contributed by atoms with Gasteiger partial charge in [-0.25, -0.2) is 9.79 Å². The maximum Gasteiger partial charge on any atom is 0.410 e. The fraction of sp³-hybridized carbons (Fsp3) is 0.800. The molecule has 0 aromatic rings. The second-order valence-electron chi connectivity index (χ2n) is 7.51. The summed E-state index contributed by atoms with van der Waals surface area (Å²) >= 11 is 0. The number of aliphatic imine (C=N–C) groups is 1. The molecule has 2 rings (SSSR count). The number of hydrogen-bond acceptors (Lipinski definition) is 4. The van der Waals surface area contributed by atoms with Crippen molar-refractivity contribution in [3.8, 4) is 0 Å². The predicted molar refractivity (Wildman–Crippen MR) is 78.2 cm³/mol. The molecule has 6 nitrogen and oxygen atoms in total. The Morgan fingerprint density at radius 1 is 1.43 bits per heavy atom. The van der Waals surface area contributed by atoms with Crippen LogP contribution in [0.15, 0.2) is 4.99 Å². The fourth-order valence-corrected chi connectivity index (χ4v) is 2.69. The Labute approximate surface area is 125 Å². The van der Waals surface area contributed by atoms with E-state index in [1.165, 1.54) is 4.90 Å². The summed E-state index contributed by atoms with van der Waals surface area (Å²) in [6.07, 6.45) is -0.155. The molecule has 21 heavy (non-hydrogen) atoms. The molecule has 0 aliphatic carbocycles. The highest BCUT2D eigenvalue weighted by Gasteiger charge is 2.45. The first kappa shape index (κ1) is 15.9. The lowest BCUT2D eigenvalue weighted by molar-refractivity contribution is -0.124. The summed E-state index contributed by atoms with van der Waals surface area (Å²) in [7, 11) is 0. The minimum absolute atomic E-state index is 0.164. The van der Waals surface area contributed by atoms with Gasteiger partial charge in [-0.2, -0.15) is 0 Å². The molecule has 1 fully saturated rings. The SMILES string of the molecule is CC(C)(C)OC(=O)N1C[C@H](O)CC1C1=NC(=O)C(C)(C)C1. The van der Waals surface area contributed by atoms with Crippen molar-refractivity contribution in [1.29, 1.82) is 0 Å². The lowest BCUT2D eigenvalue weighted by atomic mass is 9.87. The molecule has 118 valence electrons. The summed E-state index contributed by atoms with van der Waals surface area (Å²) in [6, 6.07) is -0.347. The van der Waals surface area contributed by atoms with Gasteiger partial charge in [0.15, 0.2) is 0 Å². The van der Waals surface area contributed by atoms with E-state index in [1.807, 2.05) is 13.8 Å². The second kappa shape index (κ2) is 5.09. The predicted octanol–water partition coefficient (Wildman–Crippen LogP) is 1.75. The van der Waals surface area contributed by atoms with Crippen molar-refractivity contribution in [2.24, 2.45) is 10.4 Å². The molecule has 0 saturated carbocycles. The van der Waals surface area contributed by atoms with Crippen LogP contribution in [0.4, 0.5) is 4.79 Å². The topological polar surface area (TPSA) is 79.2 Å². The number of ether oxygens (including phenoxy) is 1. The van der Waals surface area contributed by atoms with Crippen LogP contribution in [-0.2, 0) is 9.53 Å². The number of hydrogen-bond donors (Lipinski definition) is 1. The van der Waals surface area contributed by atoms with E-state index in [0.29, 0.717) is 18.6 Å². The molecule has 2 atom stereocenters. The van der Waals surface area contributed by atoms with E-state index in [4.69, 9.17) is 4.74 Å². The lowest BCUT2D eigenvalue weighted by Crippen LogP contribution is -2.43. The molecule has 2 aliphatic rings. The number of likely N-dealkylation sites (tertiary alicyclic amines) is 1. The maximum atomic E-state index is 12.3. The highest BCUT2D eigenvalue weighted by molar-refractivity contribution is 6.08. The maximum absolute atomic E-state index is 12.3. The zero-order chi connectivity index (χ0) is 16.0. The Kier molecular flexibility index (Phi) is 3.86. The molecule has 6 heteroatoms. The van der Waals surface area contributed by atoms with Gasteiger partial charge in [0.05, 0.1) is 24.1 Å². The van der Waals surface area contributed by atoms with Gasteiger partial charge in [0, 0.05) is 18.6 Å². The summed E-state index contributed by atoms with van der Waals surface area (Å²) in [5.74, 6) is -0.164. The molecule has 0 aromatic heterocycles. The van der Waals surface area contributed by atoms with Crippen LogP contribution in [0.2, 0.25) is 0 Å². The van der Waals surface area contributed by atoms with Crippen LogP contribution < -0.4 is 0 Å². The number of amides is 2. The first-order valence-electron chi connectivity index (χ1n) is 7.29. The third-order valence-corrected chi connectivity index (χ3v) is 3.74. The van der Waals surface area contributed by atoms with Gasteiger partial charge in [-0.15, -0.1) is 0 Å².